The molecule has 0 spiro atoms. The summed E-state index contributed by atoms with van der Waals surface area (Å²) in [6, 6.07) is 5.64. The second kappa shape index (κ2) is 7.47. The van der Waals surface area contributed by atoms with Crippen molar-refractivity contribution in [1.82, 2.24) is 4.90 Å². The predicted octanol–water partition coefficient (Wildman–Crippen LogP) is 4.74. The summed E-state index contributed by atoms with van der Waals surface area (Å²) in [5, 5.41) is 5.79. The van der Waals surface area contributed by atoms with E-state index in [2.05, 4.69) is 23.7 Å². The molecule has 3 nitrogen and oxygen atoms in total. The van der Waals surface area contributed by atoms with Crippen molar-refractivity contribution in [3.63, 3.8) is 0 Å². The van der Waals surface area contributed by atoms with Crippen molar-refractivity contribution in [2.45, 2.75) is 20.4 Å². The van der Waals surface area contributed by atoms with Gasteiger partial charge in [0.15, 0.2) is 0 Å². The molecule has 0 atom stereocenters. The van der Waals surface area contributed by atoms with E-state index >= 15 is 0 Å². The molecule has 22 heavy (non-hydrogen) atoms. The molecule has 0 radical (unpaired) electrons. The number of likely N-dealkylation sites (N-methyl/N-ethyl adjacent to an activating group) is 1. The van der Waals surface area contributed by atoms with Gasteiger partial charge in [0.25, 0.3) is 0 Å². The van der Waals surface area contributed by atoms with Gasteiger partial charge < -0.3 is 5.32 Å². The van der Waals surface area contributed by atoms with Gasteiger partial charge in [-0.3, -0.25) is 9.69 Å². The average molecular weight is 357 g/mol. The molecule has 1 aromatic heterocycles. The predicted molar refractivity (Wildman–Crippen MR) is 95.2 cm³/mol. The first kappa shape index (κ1) is 17.3. The van der Waals surface area contributed by atoms with E-state index in [1.807, 2.05) is 24.9 Å². The third kappa shape index (κ3) is 4.23. The Balaban J connectivity index is 1.99. The Bertz CT molecular complexity index is 685. The highest BCUT2D eigenvalue weighted by atomic mass is 35.5. The van der Waals surface area contributed by atoms with E-state index < -0.39 is 0 Å². The van der Waals surface area contributed by atoms with E-state index in [0.29, 0.717) is 15.7 Å². The van der Waals surface area contributed by atoms with Gasteiger partial charge in [0, 0.05) is 11.4 Å². The number of nitrogens with zero attached hydrogens (tertiary/aromatic N) is 1. The topological polar surface area (TPSA) is 32.3 Å². The van der Waals surface area contributed by atoms with Crippen molar-refractivity contribution >= 4 is 46.1 Å². The molecule has 0 saturated heterocycles. The van der Waals surface area contributed by atoms with E-state index in [4.69, 9.17) is 23.2 Å². The van der Waals surface area contributed by atoms with Gasteiger partial charge in [-0.15, -0.1) is 11.3 Å². The quantitative estimate of drug-likeness (QED) is 0.838. The number of nitrogens with one attached hydrogen (secondary N) is 1. The molecule has 118 valence electrons. The molecular formula is C16H18Cl2N2OS. The van der Waals surface area contributed by atoms with E-state index in [9.17, 15) is 4.79 Å². The molecule has 1 aromatic carbocycles. The fourth-order valence-corrected chi connectivity index (χ4v) is 3.51. The van der Waals surface area contributed by atoms with Crippen molar-refractivity contribution in [3.05, 3.63) is 49.6 Å². The zero-order valence-corrected chi connectivity index (χ0v) is 15.1. The van der Waals surface area contributed by atoms with Gasteiger partial charge in [0.1, 0.15) is 0 Å². The third-order valence-corrected chi connectivity index (χ3v) is 5.15. The minimum Gasteiger partial charge on any atom is -0.322 e. The highest BCUT2D eigenvalue weighted by Gasteiger charge is 2.14. The zero-order chi connectivity index (χ0) is 16.3. The number of anilines is 1. The van der Waals surface area contributed by atoms with Crippen LogP contribution in [0.25, 0.3) is 0 Å². The van der Waals surface area contributed by atoms with Crippen molar-refractivity contribution in [2.75, 3.05) is 18.9 Å². The van der Waals surface area contributed by atoms with Crippen LogP contribution in [0.2, 0.25) is 10.0 Å². The van der Waals surface area contributed by atoms with Crippen LogP contribution in [-0.2, 0) is 11.3 Å². The number of benzene rings is 1. The first-order valence-electron chi connectivity index (χ1n) is 6.84. The lowest BCUT2D eigenvalue weighted by Gasteiger charge is -2.17. The van der Waals surface area contributed by atoms with Crippen LogP contribution in [0.5, 0.6) is 0 Å². The summed E-state index contributed by atoms with van der Waals surface area (Å²) in [4.78, 5) is 15.4. The summed E-state index contributed by atoms with van der Waals surface area (Å²) < 4.78 is 0. The zero-order valence-electron chi connectivity index (χ0n) is 12.7. The number of carbonyl (C=O) groups excluding carboxylic acids is 1. The Morgan fingerprint density at radius 2 is 1.95 bits per heavy atom. The van der Waals surface area contributed by atoms with Crippen LogP contribution in [0.4, 0.5) is 5.69 Å². The molecular weight excluding hydrogens is 339 g/mol. The second-order valence-corrected chi connectivity index (χ2v) is 7.09. The molecule has 2 rings (SSSR count). The second-order valence-electron chi connectivity index (χ2n) is 5.30. The Kier molecular flexibility index (Phi) is 5.87. The van der Waals surface area contributed by atoms with E-state index in [0.717, 1.165) is 12.1 Å². The van der Waals surface area contributed by atoms with Gasteiger partial charge in [0.05, 0.1) is 22.3 Å². The Labute approximate surface area is 144 Å². The minimum atomic E-state index is -0.133. The van der Waals surface area contributed by atoms with E-state index in [1.54, 1.807) is 17.4 Å². The smallest absolute Gasteiger partial charge is 0.238 e. The maximum atomic E-state index is 12.2. The number of rotatable bonds is 5. The Hall–Kier alpha value is -1.07. The Morgan fingerprint density at radius 3 is 2.59 bits per heavy atom. The van der Waals surface area contributed by atoms with Crippen LogP contribution in [-0.4, -0.2) is 24.4 Å². The van der Waals surface area contributed by atoms with Crippen molar-refractivity contribution in [1.29, 1.82) is 0 Å². The van der Waals surface area contributed by atoms with E-state index in [-0.39, 0.29) is 12.5 Å². The van der Waals surface area contributed by atoms with Gasteiger partial charge in [-0.2, -0.15) is 0 Å². The van der Waals surface area contributed by atoms with Crippen molar-refractivity contribution in [2.24, 2.45) is 0 Å². The fraction of sp³-hybridized carbons (Fsp3) is 0.312. The molecule has 0 unspecified atom stereocenters. The lowest BCUT2D eigenvalue weighted by Crippen LogP contribution is -2.30. The van der Waals surface area contributed by atoms with Crippen LogP contribution >= 0.6 is 34.5 Å². The molecule has 0 fully saturated rings. The van der Waals surface area contributed by atoms with Crippen molar-refractivity contribution < 1.29 is 4.79 Å². The number of aryl methyl sites for hydroxylation is 2. The number of hydrogen-bond acceptors (Lipinski definition) is 3. The summed E-state index contributed by atoms with van der Waals surface area (Å²) in [6.07, 6.45) is 0. The first-order valence-corrected chi connectivity index (χ1v) is 8.48. The standard InChI is InChI=1S/C16H18Cl2N2OS/c1-10-6-7-22-13(10)8-20(3)9-14(21)19-16-12(17)5-4-11(2)15(16)18/h4-7H,8-9H2,1-3H3,(H,19,21). The Morgan fingerprint density at radius 1 is 1.23 bits per heavy atom. The van der Waals surface area contributed by atoms with E-state index in [1.165, 1.54) is 10.4 Å². The number of amides is 1. The molecule has 0 saturated carbocycles. The van der Waals surface area contributed by atoms with Gasteiger partial charge in [0.2, 0.25) is 5.91 Å². The lowest BCUT2D eigenvalue weighted by molar-refractivity contribution is -0.117. The van der Waals surface area contributed by atoms with Crippen LogP contribution in [0.15, 0.2) is 23.6 Å². The first-order chi connectivity index (χ1) is 10.4. The van der Waals surface area contributed by atoms with Gasteiger partial charge in [-0.05, 0) is 49.5 Å². The molecule has 0 aliphatic carbocycles. The molecule has 1 amide bonds. The minimum absolute atomic E-state index is 0.133. The highest BCUT2D eigenvalue weighted by molar-refractivity contribution is 7.10. The summed E-state index contributed by atoms with van der Waals surface area (Å²) in [5.74, 6) is -0.133. The van der Waals surface area contributed by atoms with Gasteiger partial charge in [-0.25, -0.2) is 0 Å². The van der Waals surface area contributed by atoms with Crippen LogP contribution in [0, 0.1) is 13.8 Å². The van der Waals surface area contributed by atoms with Gasteiger partial charge >= 0.3 is 0 Å². The molecule has 1 N–H and O–H groups in total. The van der Waals surface area contributed by atoms with Crippen LogP contribution in [0.3, 0.4) is 0 Å². The van der Waals surface area contributed by atoms with Crippen molar-refractivity contribution in [3.8, 4) is 0 Å². The SMILES string of the molecule is Cc1ccsc1CN(C)CC(=O)Nc1c(Cl)ccc(C)c1Cl. The molecule has 0 bridgehead atoms. The van der Waals surface area contributed by atoms with Crippen LogP contribution in [0.1, 0.15) is 16.0 Å². The number of hydrogen-bond donors (Lipinski definition) is 1. The highest BCUT2D eigenvalue weighted by Crippen LogP contribution is 2.32. The molecule has 1 heterocycles. The number of thiophene rings is 1. The number of carbonyl (C=O) groups is 1. The monoisotopic (exact) mass is 356 g/mol. The fourth-order valence-electron chi connectivity index (χ4n) is 2.06. The summed E-state index contributed by atoms with van der Waals surface area (Å²) in [7, 11) is 1.91. The average Bonchev–Trinajstić information content (AvgIpc) is 2.84. The number of halogens is 2. The molecule has 2 aromatic rings. The molecule has 0 aliphatic heterocycles. The largest absolute Gasteiger partial charge is 0.322 e. The molecule has 0 aliphatic rings. The summed E-state index contributed by atoms with van der Waals surface area (Å²) in [5.41, 5.74) is 2.61. The third-order valence-electron chi connectivity index (χ3n) is 3.34. The summed E-state index contributed by atoms with van der Waals surface area (Å²) in [6.45, 7) is 4.97. The normalized spacial score (nSPS) is 11.0. The summed E-state index contributed by atoms with van der Waals surface area (Å²) >= 11 is 14.0. The van der Waals surface area contributed by atoms with Gasteiger partial charge in [-0.1, -0.05) is 29.3 Å². The maximum Gasteiger partial charge on any atom is 0.238 e. The lowest BCUT2D eigenvalue weighted by atomic mass is 10.2. The van der Waals surface area contributed by atoms with Crippen LogP contribution < -0.4 is 5.32 Å². The maximum absolute atomic E-state index is 12.2. The molecule has 6 heteroatoms.